The van der Waals surface area contributed by atoms with E-state index in [4.69, 9.17) is 5.73 Å². The minimum absolute atomic E-state index is 0.196. The van der Waals surface area contributed by atoms with E-state index in [2.05, 4.69) is 0 Å². The Morgan fingerprint density at radius 1 is 1.19 bits per heavy atom. The quantitative estimate of drug-likeness (QED) is 0.854. The molecule has 16 heavy (non-hydrogen) atoms. The van der Waals surface area contributed by atoms with Gasteiger partial charge in [-0.1, -0.05) is 12.1 Å². The Balaban J connectivity index is 2.41. The molecule has 0 bridgehead atoms. The highest BCUT2D eigenvalue weighted by Gasteiger charge is 2.17. The lowest BCUT2D eigenvalue weighted by Crippen LogP contribution is -2.12. The van der Waals surface area contributed by atoms with Crippen LogP contribution in [0.25, 0.3) is 0 Å². The molecule has 0 spiro atoms. The summed E-state index contributed by atoms with van der Waals surface area (Å²) in [6.45, 7) is 1.95. The highest BCUT2D eigenvalue weighted by atomic mass is 32.1. The Morgan fingerprint density at radius 2 is 1.94 bits per heavy atom. The lowest BCUT2D eigenvalue weighted by atomic mass is 10.1. The van der Waals surface area contributed by atoms with Crippen LogP contribution in [-0.2, 0) is 0 Å². The van der Waals surface area contributed by atoms with Crippen LogP contribution in [0.5, 0.6) is 0 Å². The molecule has 1 nitrogen and oxygen atoms in total. The predicted molar refractivity (Wildman–Crippen MR) is 61.4 cm³/mol. The number of hydrogen-bond donors (Lipinski definition) is 1. The van der Waals surface area contributed by atoms with E-state index in [-0.39, 0.29) is 5.56 Å². The van der Waals surface area contributed by atoms with Gasteiger partial charge >= 0.3 is 0 Å². The van der Waals surface area contributed by atoms with E-state index in [9.17, 15) is 8.78 Å². The van der Waals surface area contributed by atoms with Gasteiger partial charge in [0.25, 0.3) is 0 Å². The van der Waals surface area contributed by atoms with Crippen molar-refractivity contribution in [2.75, 3.05) is 0 Å². The van der Waals surface area contributed by atoms with Gasteiger partial charge in [-0.2, -0.15) is 0 Å². The molecule has 2 N–H and O–H groups in total. The Morgan fingerprint density at radius 3 is 2.56 bits per heavy atom. The van der Waals surface area contributed by atoms with Crippen LogP contribution in [0.15, 0.2) is 30.3 Å². The second-order valence-corrected chi connectivity index (χ2v) is 4.89. The first kappa shape index (κ1) is 11.2. The summed E-state index contributed by atoms with van der Waals surface area (Å²) in [5.74, 6) is -1.72. The van der Waals surface area contributed by atoms with Crippen molar-refractivity contribution in [3.63, 3.8) is 0 Å². The molecule has 2 rings (SSSR count). The third kappa shape index (κ3) is 1.99. The van der Waals surface area contributed by atoms with E-state index in [1.807, 2.05) is 19.1 Å². The highest BCUT2D eigenvalue weighted by molar-refractivity contribution is 7.12. The average Bonchev–Trinajstić information content (AvgIpc) is 2.68. The van der Waals surface area contributed by atoms with Gasteiger partial charge in [0, 0.05) is 15.3 Å². The fourth-order valence-corrected chi connectivity index (χ4v) is 2.43. The molecule has 1 aromatic heterocycles. The molecule has 84 valence electrons. The zero-order valence-corrected chi connectivity index (χ0v) is 9.52. The summed E-state index contributed by atoms with van der Waals surface area (Å²) in [5.41, 5.74) is 6.10. The van der Waals surface area contributed by atoms with Gasteiger partial charge in [0.15, 0.2) is 11.6 Å². The van der Waals surface area contributed by atoms with Crippen LogP contribution in [0, 0.1) is 18.6 Å². The van der Waals surface area contributed by atoms with Crippen molar-refractivity contribution in [1.82, 2.24) is 0 Å². The van der Waals surface area contributed by atoms with E-state index in [0.29, 0.717) is 0 Å². The summed E-state index contributed by atoms with van der Waals surface area (Å²) in [4.78, 5) is 1.93. The lowest BCUT2D eigenvalue weighted by Gasteiger charge is -2.11. The summed E-state index contributed by atoms with van der Waals surface area (Å²) < 4.78 is 26.5. The summed E-state index contributed by atoms with van der Waals surface area (Å²) in [5, 5.41) is 0. The maximum absolute atomic E-state index is 13.5. The van der Waals surface area contributed by atoms with Crippen molar-refractivity contribution in [2.24, 2.45) is 5.73 Å². The van der Waals surface area contributed by atoms with Crippen LogP contribution in [0.3, 0.4) is 0 Å². The second-order valence-electron chi connectivity index (χ2n) is 3.57. The van der Waals surface area contributed by atoms with Gasteiger partial charge in [-0.05, 0) is 25.1 Å². The number of benzene rings is 1. The normalized spacial score (nSPS) is 12.8. The first-order valence-electron chi connectivity index (χ1n) is 4.85. The van der Waals surface area contributed by atoms with Crippen LogP contribution in [0.2, 0.25) is 0 Å². The van der Waals surface area contributed by atoms with Gasteiger partial charge in [0.2, 0.25) is 0 Å². The first-order chi connectivity index (χ1) is 7.59. The Bertz CT molecular complexity index is 507. The van der Waals surface area contributed by atoms with E-state index >= 15 is 0 Å². The second kappa shape index (κ2) is 4.31. The molecular weight excluding hydrogens is 228 g/mol. The van der Waals surface area contributed by atoms with Crippen LogP contribution in [0.4, 0.5) is 8.78 Å². The molecule has 0 aliphatic rings. The molecule has 1 atom stereocenters. The molecule has 1 unspecified atom stereocenters. The molecule has 1 heterocycles. The number of halogens is 2. The molecule has 0 aliphatic carbocycles. The van der Waals surface area contributed by atoms with Crippen molar-refractivity contribution in [1.29, 1.82) is 0 Å². The van der Waals surface area contributed by atoms with Crippen LogP contribution < -0.4 is 5.73 Å². The minimum atomic E-state index is -0.860. The number of rotatable bonds is 2. The van der Waals surface area contributed by atoms with Gasteiger partial charge in [-0.3, -0.25) is 0 Å². The zero-order chi connectivity index (χ0) is 11.7. The van der Waals surface area contributed by atoms with Crippen molar-refractivity contribution >= 4 is 11.3 Å². The molecule has 2 aromatic rings. The third-order valence-electron chi connectivity index (χ3n) is 2.38. The molecule has 0 saturated heterocycles. The van der Waals surface area contributed by atoms with Gasteiger partial charge in [-0.25, -0.2) is 8.78 Å². The van der Waals surface area contributed by atoms with Gasteiger partial charge in [0.05, 0.1) is 6.04 Å². The molecular formula is C12H11F2NS. The summed E-state index contributed by atoms with van der Waals surface area (Å²) >= 11 is 1.49. The van der Waals surface area contributed by atoms with Crippen molar-refractivity contribution in [2.45, 2.75) is 13.0 Å². The topological polar surface area (TPSA) is 26.0 Å². The van der Waals surface area contributed by atoms with E-state index < -0.39 is 17.7 Å². The standard InChI is InChI=1S/C12H11F2NS/c1-7-5-6-10(16-7)12(15)8-3-2-4-9(13)11(8)14/h2-6,12H,15H2,1H3. The molecule has 0 aliphatic heterocycles. The van der Waals surface area contributed by atoms with Crippen molar-refractivity contribution < 1.29 is 8.78 Å². The molecule has 0 saturated carbocycles. The van der Waals surface area contributed by atoms with Crippen LogP contribution in [0.1, 0.15) is 21.4 Å². The van der Waals surface area contributed by atoms with Gasteiger partial charge < -0.3 is 5.73 Å². The Labute approximate surface area is 96.5 Å². The van der Waals surface area contributed by atoms with Crippen LogP contribution in [-0.4, -0.2) is 0 Å². The van der Waals surface area contributed by atoms with Gasteiger partial charge in [0.1, 0.15) is 0 Å². The number of hydrogen-bond acceptors (Lipinski definition) is 2. The number of thiophene rings is 1. The molecule has 4 heteroatoms. The smallest absolute Gasteiger partial charge is 0.163 e. The fraction of sp³-hybridized carbons (Fsp3) is 0.167. The van der Waals surface area contributed by atoms with Crippen molar-refractivity contribution in [3.05, 3.63) is 57.3 Å². The SMILES string of the molecule is Cc1ccc(C(N)c2cccc(F)c2F)s1. The molecule has 0 amide bonds. The summed E-state index contributed by atoms with van der Waals surface area (Å²) in [6.07, 6.45) is 0. The molecule has 1 aromatic carbocycles. The maximum Gasteiger partial charge on any atom is 0.163 e. The van der Waals surface area contributed by atoms with E-state index in [1.54, 1.807) is 0 Å². The molecule has 0 fully saturated rings. The number of nitrogens with two attached hydrogens (primary N) is 1. The van der Waals surface area contributed by atoms with E-state index in [1.165, 1.54) is 23.5 Å². The monoisotopic (exact) mass is 239 g/mol. The lowest BCUT2D eigenvalue weighted by molar-refractivity contribution is 0.495. The van der Waals surface area contributed by atoms with Crippen LogP contribution >= 0.6 is 11.3 Å². The first-order valence-corrected chi connectivity index (χ1v) is 5.67. The highest BCUT2D eigenvalue weighted by Crippen LogP contribution is 2.28. The Kier molecular flexibility index (Phi) is 3.03. The summed E-state index contributed by atoms with van der Waals surface area (Å²) in [7, 11) is 0. The minimum Gasteiger partial charge on any atom is -0.320 e. The number of aryl methyl sites for hydroxylation is 1. The largest absolute Gasteiger partial charge is 0.320 e. The fourth-order valence-electron chi connectivity index (χ4n) is 1.53. The molecule has 0 radical (unpaired) electrons. The van der Waals surface area contributed by atoms with Gasteiger partial charge in [-0.15, -0.1) is 11.3 Å². The van der Waals surface area contributed by atoms with Crippen molar-refractivity contribution in [3.8, 4) is 0 Å². The van der Waals surface area contributed by atoms with E-state index in [0.717, 1.165) is 15.8 Å². The summed E-state index contributed by atoms with van der Waals surface area (Å²) in [6, 6.07) is 7.22. The Hall–Kier alpha value is -1.26. The predicted octanol–water partition coefficient (Wildman–Crippen LogP) is 3.38. The maximum atomic E-state index is 13.5. The third-order valence-corrected chi connectivity index (χ3v) is 3.47. The average molecular weight is 239 g/mol. The zero-order valence-electron chi connectivity index (χ0n) is 8.71.